The third-order valence-corrected chi connectivity index (χ3v) is 2.03. The fraction of sp³-hybridized carbons (Fsp3) is 0.625. The zero-order chi connectivity index (χ0) is 7.56. The van der Waals surface area contributed by atoms with Crippen LogP contribution < -0.4 is 5.73 Å². The number of hydrogen-bond acceptors (Lipinski definition) is 2. The predicted octanol–water partition coefficient (Wildman–Crippen LogP) is 1.47. The number of nitrogens with zero attached hydrogens (tertiary/aromatic N) is 1. The van der Waals surface area contributed by atoms with E-state index in [9.17, 15) is 0 Å². The molecule has 0 aromatic heterocycles. The van der Waals surface area contributed by atoms with Gasteiger partial charge in [0.15, 0.2) is 0 Å². The third kappa shape index (κ3) is 1.20. The zero-order valence-corrected chi connectivity index (χ0v) is 6.65. The van der Waals surface area contributed by atoms with Crippen LogP contribution in [0.1, 0.15) is 26.2 Å². The first kappa shape index (κ1) is 7.32. The van der Waals surface area contributed by atoms with E-state index >= 15 is 0 Å². The lowest BCUT2D eigenvalue weighted by atomic mass is 10.1. The summed E-state index contributed by atoms with van der Waals surface area (Å²) in [5, 5.41) is 0. The van der Waals surface area contributed by atoms with Crippen LogP contribution in [0, 0.1) is 0 Å². The molecule has 2 N–H and O–H groups in total. The van der Waals surface area contributed by atoms with E-state index in [1.807, 2.05) is 14.0 Å². The molecular weight excluding hydrogens is 124 g/mol. The number of hydrogen-bond donors (Lipinski definition) is 1. The normalized spacial score (nSPS) is 20.4. The van der Waals surface area contributed by atoms with Gasteiger partial charge in [0.25, 0.3) is 0 Å². The average molecular weight is 138 g/mol. The number of aliphatic imine (C=N–C) groups is 1. The van der Waals surface area contributed by atoms with Gasteiger partial charge < -0.3 is 5.73 Å². The second-order valence-electron chi connectivity index (χ2n) is 2.67. The Morgan fingerprint density at radius 2 is 2.20 bits per heavy atom. The van der Waals surface area contributed by atoms with E-state index < -0.39 is 0 Å². The molecule has 0 heterocycles. The molecule has 0 atom stereocenters. The van der Waals surface area contributed by atoms with Gasteiger partial charge in [-0.3, -0.25) is 4.99 Å². The first-order valence-corrected chi connectivity index (χ1v) is 3.67. The quantitative estimate of drug-likeness (QED) is 0.547. The van der Waals surface area contributed by atoms with Crippen LogP contribution in [0.4, 0.5) is 0 Å². The molecule has 0 saturated heterocycles. The highest BCUT2D eigenvalue weighted by Gasteiger charge is 2.12. The standard InChI is InChI=1S/C8H14N2/c1-6(10-2)7-4-3-5-8(7)9/h3-5,9H2,1-2H3. The molecule has 0 aromatic rings. The van der Waals surface area contributed by atoms with Gasteiger partial charge in [-0.1, -0.05) is 0 Å². The molecule has 0 spiro atoms. The summed E-state index contributed by atoms with van der Waals surface area (Å²) in [7, 11) is 1.81. The summed E-state index contributed by atoms with van der Waals surface area (Å²) in [6.07, 6.45) is 3.38. The second-order valence-corrected chi connectivity index (χ2v) is 2.67. The highest BCUT2D eigenvalue weighted by atomic mass is 14.7. The van der Waals surface area contributed by atoms with E-state index in [1.165, 1.54) is 12.0 Å². The van der Waals surface area contributed by atoms with Gasteiger partial charge in [0.1, 0.15) is 0 Å². The summed E-state index contributed by atoms with van der Waals surface area (Å²) in [6, 6.07) is 0. The maximum atomic E-state index is 5.75. The number of rotatable bonds is 1. The molecule has 0 radical (unpaired) electrons. The van der Waals surface area contributed by atoms with Crippen molar-refractivity contribution < 1.29 is 0 Å². The van der Waals surface area contributed by atoms with Gasteiger partial charge in [-0.25, -0.2) is 0 Å². The molecule has 0 unspecified atom stereocenters. The largest absolute Gasteiger partial charge is 0.402 e. The molecule has 0 fully saturated rings. The molecule has 56 valence electrons. The molecule has 2 nitrogen and oxygen atoms in total. The van der Waals surface area contributed by atoms with Gasteiger partial charge in [-0.15, -0.1) is 0 Å². The van der Waals surface area contributed by atoms with Crippen LogP contribution in [0.15, 0.2) is 16.3 Å². The summed E-state index contributed by atoms with van der Waals surface area (Å²) >= 11 is 0. The van der Waals surface area contributed by atoms with E-state index in [4.69, 9.17) is 5.73 Å². The summed E-state index contributed by atoms with van der Waals surface area (Å²) in [4.78, 5) is 4.10. The fourth-order valence-electron chi connectivity index (χ4n) is 1.32. The Morgan fingerprint density at radius 3 is 2.60 bits per heavy atom. The second kappa shape index (κ2) is 2.86. The summed E-state index contributed by atoms with van der Waals surface area (Å²) in [5.41, 5.74) is 9.19. The van der Waals surface area contributed by atoms with Gasteiger partial charge in [0, 0.05) is 18.5 Å². The monoisotopic (exact) mass is 138 g/mol. The number of nitrogens with two attached hydrogens (primary N) is 1. The van der Waals surface area contributed by atoms with E-state index in [2.05, 4.69) is 4.99 Å². The van der Waals surface area contributed by atoms with Crippen LogP contribution in [0.5, 0.6) is 0 Å². The first-order valence-electron chi connectivity index (χ1n) is 3.67. The molecule has 0 aromatic carbocycles. The van der Waals surface area contributed by atoms with Crippen LogP contribution >= 0.6 is 0 Å². The Bertz CT molecular complexity index is 189. The SMILES string of the molecule is CN=C(C)C1=C(N)CCC1. The summed E-state index contributed by atoms with van der Waals surface area (Å²) in [5.74, 6) is 0. The van der Waals surface area contributed by atoms with Crippen molar-refractivity contribution in [3.63, 3.8) is 0 Å². The lowest BCUT2D eigenvalue weighted by Crippen LogP contribution is -2.02. The van der Waals surface area contributed by atoms with Gasteiger partial charge in [0.05, 0.1) is 0 Å². The highest BCUT2D eigenvalue weighted by molar-refractivity contribution is 5.99. The van der Waals surface area contributed by atoms with E-state index in [0.29, 0.717) is 0 Å². The zero-order valence-electron chi connectivity index (χ0n) is 6.65. The van der Waals surface area contributed by atoms with Crippen molar-refractivity contribution in [3.05, 3.63) is 11.3 Å². The molecule has 0 bridgehead atoms. The first-order chi connectivity index (χ1) is 4.75. The lowest BCUT2D eigenvalue weighted by Gasteiger charge is -2.00. The Balaban J connectivity index is 2.81. The minimum absolute atomic E-state index is 1.04. The Morgan fingerprint density at radius 1 is 1.50 bits per heavy atom. The molecule has 0 aliphatic heterocycles. The van der Waals surface area contributed by atoms with Crippen molar-refractivity contribution in [3.8, 4) is 0 Å². The Hall–Kier alpha value is -0.790. The molecule has 0 amide bonds. The topological polar surface area (TPSA) is 38.4 Å². The van der Waals surface area contributed by atoms with Crippen molar-refractivity contribution in [1.82, 2.24) is 0 Å². The minimum atomic E-state index is 1.04. The van der Waals surface area contributed by atoms with Gasteiger partial charge in [0.2, 0.25) is 0 Å². The maximum Gasteiger partial charge on any atom is 0.0362 e. The third-order valence-electron chi connectivity index (χ3n) is 2.03. The van der Waals surface area contributed by atoms with Crippen molar-refractivity contribution >= 4 is 5.71 Å². The molecular formula is C8H14N2. The van der Waals surface area contributed by atoms with E-state index in [-0.39, 0.29) is 0 Å². The van der Waals surface area contributed by atoms with Crippen LogP contribution in [0.25, 0.3) is 0 Å². The van der Waals surface area contributed by atoms with Crippen molar-refractivity contribution in [2.75, 3.05) is 7.05 Å². The van der Waals surface area contributed by atoms with Crippen LogP contribution in [-0.2, 0) is 0 Å². The maximum absolute atomic E-state index is 5.75. The smallest absolute Gasteiger partial charge is 0.0362 e. The molecule has 10 heavy (non-hydrogen) atoms. The van der Waals surface area contributed by atoms with E-state index in [0.717, 1.165) is 24.3 Å². The molecule has 1 rings (SSSR count). The minimum Gasteiger partial charge on any atom is -0.402 e. The summed E-state index contributed by atoms with van der Waals surface area (Å²) < 4.78 is 0. The molecule has 1 aliphatic rings. The van der Waals surface area contributed by atoms with Gasteiger partial charge in [-0.2, -0.15) is 0 Å². The molecule has 0 saturated carbocycles. The van der Waals surface area contributed by atoms with Crippen molar-refractivity contribution in [2.24, 2.45) is 10.7 Å². The highest BCUT2D eigenvalue weighted by Crippen LogP contribution is 2.22. The van der Waals surface area contributed by atoms with Crippen molar-refractivity contribution in [2.45, 2.75) is 26.2 Å². The molecule has 1 aliphatic carbocycles. The van der Waals surface area contributed by atoms with Gasteiger partial charge >= 0.3 is 0 Å². The number of allylic oxidation sites excluding steroid dienone is 2. The van der Waals surface area contributed by atoms with E-state index in [1.54, 1.807) is 0 Å². The predicted molar refractivity (Wildman–Crippen MR) is 44.1 cm³/mol. The molecule has 2 heteroatoms. The summed E-state index contributed by atoms with van der Waals surface area (Å²) in [6.45, 7) is 2.02. The Labute approximate surface area is 61.8 Å². The average Bonchev–Trinajstić information content (AvgIpc) is 2.34. The van der Waals surface area contributed by atoms with Gasteiger partial charge in [-0.05, 0) is 31.8 Å². The fourth-order valence-corrected chi connectivity index (χ4v) is 1.32. The van der Waals surface area contributed by atoms with Crippen LogP contribution in [-0.4, -0.2) is 12.8 Å². The Kier molecular flexibility index (Phi) is 2.10. The van der Waals surface area contributed by atoms with Crippen molar-refractivity contribution in [1.29, 1.82) is 0 Å². The van der Waals surface area contributed by atoms with Crippen LogP contribution in [0.3, 0.4) is 0 Å². The van der Waals surface area contributed by atoms with Crippen LogP contribution in [0.2, 0.25) is 0 Å². The lowest BCUT2D eigenvalue weighted by molar-refractivity contribution is 0.895.